The topological polar surface area (TPSA) is 43.8 Å². The number of hydrogen-bond acceptors (Lipinski definition) is 3. The molecule has 2 rings (SSSR count). The maximum absolute atomic E-state index is 11.6. The molecule has 0 aromatic carbocycles. The highest BCUT2D eigenvalue weighted by Crippen LogP contribution is 2.29. The molecule has 1 atom stereocenters. The lowest BCUT2D eigenvalue weighted by atomic mass is 10.2. The highest BCUT2D eigenvalue weighted by Gasteiger charge is 2.34. The lowest BCUT2D eigenvalue weighted by molar-refractivity contribution is -0.130. The fourth-order valence-electron chi connectivity index (χ4n) is 2.82. The zero-order chi connectivity index (χ0) is 12.3. The molecule has 1 heterocycles. The molecule has 0 aromatic rings. The maximum atomic E-state index is 11.6. The van der Waals surface area contributed by atoms with Crippen LogP contribution in [0.1, 0.15) is 39.0 Å². The Morgan fingerprint density at radius 2 is 2.18 bits per heavy atom. The van der Waals surface area contributed by atoms with Crippen molar-refractivity contribution >= 4 is 5.91 Å². The molecule has 1 amide bonds. The number of rotatable bonds is 6. The van der Waals surface area contributed by atoms with Crippen LogP contribution in [0.4, 0.5) is 0 Å². The van der Waals surface area contributed by atoms with Crippen molar-refractivity contribution in [3.05, 3.63) is 0 Å². The summed E-state index contributed by atoms with van der Waals surface area (Å²) in [5.74, 6) is 0.224. The molecule has 0 radical (unpaired) electrons. The minimum absolute atomic E-state index is 0.224. The largest absolute Gasteiger partial charge is 0.396 e. The third kappa shape index (κ3) is 3.42. The number of carbonyl (C=O) groups is 1. The van der Waals surface area contributed by atoms with Crippen LogP contribution in [0.2, 0.25) is 0 Å². The van der Waals surface area contributed by atoms with Crippen molar-refractivity contribution in [3.8, 4) is 0 Å². The van der Waals surface area contributed by atoms with Crippen LogP contribution in [0.25, 0.3) is 0 Å². The molecule has 4 nitrogen and oxygen atoms in total. The Balaban J connectivity index is 1.84. The van der Waals surface area contributed by atoms with E-state index in [0.29, 0.717) is 12.1 Å². The van der Waals surface area contributed by atoms with Crippen LogP contribution in [0.5, 0.6) is 0 Å². The number of carbonyl (C=O) groups excluding carboxylic acids is 1. The van der Waals surface area contributed by atoms with Gasteiger partial charge in [-0.1, -0.05) is 0 Å². The molecular formula is C13H24N2O2. The van der Waals surface area contributed by atoms with E-state index < -0.39 is 0 Å². The van der Waals surface area contributed by atoms with Crippen LogP contribution in [-0.2, 0) is 4.79 Å². The predicted octanol–water partition coefficient (Wildman–Crippen LogP) is 0.844. The summed E-state index contributed by atoms with van der Waals surface area (Å²) in [5, 5.41) is 8.89. The molecular weight excluding hydrogens is 216 g/mol. The number of nitrogens with zero attached hydrogens (tertiary/aromatic N) is 2. The van der Waals surface area contributed by atoms with Gasteiger partial charge in [0.15, 0.2) is 0 Å². The fraction of sp³-hybridized carbons (Fsp3) is 0.923. The number of aliphatic hydroxyl groups is 1. The van der Waals surface area contributed by atoms with Crippen molar-refractivity contribution in [2.45, 2.75) is 51.1 Å². The van der Waals surface area contributed by atoms with Gasteiger partial charge in [-0.15, -0.1) is 0 Å². The molecule has 1 aliphatic carbocycles. The van der Waals surface area contributed by atoms with E-state index in [9.17, 15) is 4.79 Å². The highest BCUT2D eigenvalue weighted by molar-refractivity contribution is 5.74. The van der Waals surface area contributed by atoms with Gasteiger partial charge in [-0.2, -0.15) is 0 Å². The maximum Gasteiger partial charge on any atom is 0.219 e. The van der Waals surface area contributed by atoms with Gasteiger partial charge in [-0.3, -0.25) is 9.69 Å². The van der Waals surface area contributed by atoms with E-state index in [-0.39, 0.29) is 12.5 Å². The molecule has 2 aliphatic rings. The third-order valence-corrected chi connectivity index (χ3v) is 3.90. The number of hydrogen-bond donors (Lipinski definition) is 1. The van der Waals surface area contributed by atoms with Gasteiger partial charge < -0.3 is 10.0 Å². The molecule has 0 spiro atoms. The minimum Gasteiger partial charge on any atom is -0.396 e. The summed E-state index contributed by atoms with van der Waals surface area (Å²) in [4.78, 5) is 16.1. The van der Waals surface area contributed by atoms with Gasteiger partial charge >= 0.3 is 0 Å². The molecule has 17 heavy (non-hydrogen) atoms. The van der Waals surface area contributed by atoms with Gasteiger partial charge in [0, 0.05) is 38.7 Å². The van der Waals surface area contributed by atoms with Crippen LogP contribution >= 0.6 is 0 Å². The van der Waals surface area contributed by atoms with Gasteiger partial charge in [0.05, 0.1) is 0 Å². The Morgan fingerprint density at radius 3 is 2.76 bits per heavy atom. The molecule has 1 N–H and O–H groups in total. The third-order valence-electron chi connectivity index (χ3n) is 3.90. The van der Waals surface area contributed by atoms with E-state index in [4.69, 9.17) is 5.11 Å². The van der Waals surface area contributed by atoms with Gasteiger partial charge in [-0.25, -0.2) is 0 Å². The van der Waals surface area contributed by atoms with Gasteiger partial charge in [0.25, 0.3) is 0 Å². The summed E-state index contributed by atoms with van der Waals surface area (Å²) >= 11 is 0. The molecule has 2 fully saturated rings. The first-order valence-corrected chi connectivity index (χ1v) is 6.84. The van der Waals surface area contributed by atoms with Crippen LogP contribution in [0.3, 0.4) is 0 Å². The van der Waals surface area contributed by atoms with Crippen molar-refractivity contribution in [2.75, 3.05) is 26.2 Å². The monoisotopic (exact) mass is 240 g/mol. The predicted molar refractivity (Wildman–Crippen MR) is 66.7 cm³/mol. The summed E-state index contributed by atoms with van der Waals surface area (Å²) in [6, 6.07) is 1.04. The first-order valence-electron chi connectivity index (χ1n) is 6.84. The fourth-order valence-corrected chi connectivity index (χ4v) is 2.82. The van der Waals surface area contributed by atoms with E-state index >= 15 is 0 Å². The van der Waals surface area contributed by atoms with Crippen molar-refractivity contribution < 1.29 is 9.90 Å². The summed E-state index contributed by atoms with van der Waals surface area (Å²) in [6.07, 6.45) is 5.64. The van der Waals surface area contributed by atoms with Gasteiger partial charge in [0.2, 0.25) is 5.91 Å². The number of amides is 1. The Labute approximate surface area is 104 Å². The normalized spacial score (nSPS) is 25.2. The SMILES string of the molecule is CC(=O)N(C[C@@H]1CCCN1CCCO)C1CC1. The van der Waals surface area contributed by atoms with Crippen LogP contribution in [0, 0.1) is 0 Å². The first-order chi connectivity index (χ1) is 8.22. The highest BCUT2D eigenvalue weighted by atomic mass is 16.3. The molecule has 98 valence electrons. The summed E-state index contributed by atoms with van der Waals surface area (Å²) in [6.45, 7) is 4.94. The molecule has 1 saturated carbocycles. The van der Waals surface area contributed by atoms with Crippen LogP contribution < -0.4 is 0 Å². The molecule has 1 saturated heterocycles. The van der Waals surface area contributed by atoms with Crippen LogP contribution in [0.15, 0.2) is 0 Å². The summed E-state index contributed by atoms with van der Waals surface area (Å²) in [5.41, 5.74) is 0. The molecule has 0 unspecified atom stereocenters. The Hall–Kier alpha value is -0.610. The zero-order valence-electron chi connectivity index (χ0n) is 10.8. The quantitative estimate of drug-likeness (QED) is 0.748. The van der Waals surface area contributed by atoms with Crippen molar-refractivity contribution in [1.29, 1.82) is 0 Å². The Kier molecular flexibility index (Phi) is 4.40. The number of likely N-dealkylation sites (tertiary alicyclic amines) is 1. The van der Waals surface area contributed by atoms with E-state index in [1.807, 2.05) is 0 Å². The van der Waals surface area contributed by atoms with E-state index in [2.05, 4.69) is 9.80 Å². The second-order valence-electron chi connectivity index (χ2n) is 5.31. The average molecular weight is 240 g/mol. The second kappa shape index (κ2) is 5.83. The first kappa shape index (κ1) is 12.8. The lowest BCUT2D eigenvalue weighted by Gasteiger charge is -2.30. The molecule has 1 aliphatic heterocycles. The van der Waals surface area contributed by atoms with E-state index in [0.717, 1.165) is 26.1 Å². The Morgan fingerprint density at radius 1 is 1.41 bits per heavy atom. The number of aliphatic hydroxyl groups excluding tert-OH is 1. The van der Waals surface area contributed by atoms with Gasteiger partial charge in [-0.05, 0) is 38.6 Å². The second-order valence-corrected chi connectivity index (χ2v) is 5.31. The Bertz CT molecular complexity index is 266. The molecule has 0 aromatic heterocycles. The average Bonchev–Trinajstić information content (AvgIpc) is 3.04. The summed E-state index contributed by atoms with van der Waals surface area (Å²) < 4.78 is 0. The molecule has 4 heteroatoms. The summed E-state index contributed by atoms with van der Waals surface area (Å²) in [7, 11) is 0. The van der Waals surface area contributed by atoms with E-state index in [1.165, 1.54) is 25.7 Å². The smallest absolute Gasteiger partial charge is 0.219 e. The van der Waals surface area contributed by atoms with Crippen molar-refractivity contribution in [3.63, 3.8) is 0 Å². The van der Waals surface area contributed by atoms with Gasteiger partial charge in [0.1, 0.15) is 0 Å². The molecule has 0 bridgehead atoms. The zero-order valence-corrected chi connectivity index (χ0v) is 10.8. The van der Waals surface area contributed by atoms with Crippen molar-refractivity contribution in [2.24, 2.45) is 0 Å². The van der Waals surface area contributed by atoms with E-state index in [1.54, 1.807) is 6.92 Å². The standard InChI is InChI=1S/C13H24N2O2/c1-11(17)15(12-5-6-12)10-13-4-2-7-14(13)8-3-9-16/h12-13,16H,2-10H2,1H3/t13-/m0/s1. The minimum atomic E-state index is 0.224. The lowest BCUT2D eigenvalue weighted by Crippen LogP contribution is -2.43. The van der Waals surface area contributed by atoms with Crippen LogP contribution in [-0.4, -0.2) is 59.1 Å². The van der Waals surface area contributed by atoms with Crippen molar-refractivity contribution in [1.82, 2.24) is 9.80 Å².